The van der Waals surface area contributed by atoms with Crippen molar-refractivity contribution in [2.24, 2.45) is 4.40 Å². The maximum Gasteiger partial charge on any atom is 0.259 e. The normalized spacial score (nSPS) is 19.8. The molecule has 1 amide bonds. The minimum atomic E-state index is -3.60. The lowest BCUT2D eigenvalue weighted by molar-refractivity contribution is -0.112. The standard InChI is InChI=1S/C17H17FN4O3S.ClH/c18-15-12-5-6-19-10-11(12)3-4-14(15)20-17(23)13-2-1-7-22-8-9-26(24,25)21-16(13)22;/h1-4,7,19H,5-6,8-10H2,(H,20,23);1H. The zero-order chi connectivity index (χ0) is 18.3. The van der Waals surface area contributed by atoms with Crippen molar-refractivity contribution in [3.05, 3.63) is 53.0 Å². The Bertz CT molecular complexity index is 988. The third-order valence-corrected chi connectivity index (χ3v) is 5.71. The zero-order valence-electron chi connectivity index (χ0n) is 14.2. The Hall–Kier alpha value is -2.23. The molecule has 0 radical (unpaired) electrons. The van der Waals surface area contributed by atoms with Crippen LogP contribution in [0.15, 0.2) is 40.5 Å². The molecule has 1 aromatic carbocycles. The van der Waals surface area contributed by atoms with Gasteiger partial charge in [-0.3, -0.25) is 4.79 Å². The van der Waals surface area contributed by atoms with Crippen LogP contribution in [0.2, 0.25) is 0 Å². The summed E-state index contributed by atoms with van der Waals surface area (Å²) >= 11 is 0. The van der Waals surface area contributed by atoms with E-state index in [4.69, 9.17) is 0 Å². The highest BCUT2D eigenvalue weighted by Crippen LogP contribution is 2.26. The minimum absolute atomic E-state index is 0. The van der Waals surface area contributed by atoms with Gasteiger partial charge in [0.05, 0.1) is 17.0 Å². The second kappa shape index (κ2) is 7.41. The van der Waals surface area contributed by atoms with Crippen LogP contribution in [0.3, 0.4) is 0 Å². The van der Waals surface area contributed by atoms with E-state index in [1.807, 2.05) is 0 Å². The smallest absolute Gasteiger partial charge is 0.259 e. The second-order valence-electron chi connectivity index (χ2n) is 6.26. The predicted molar refractivity (Wildman–Crippen MR) is 103 cm³/mol. The Kier molecular flexibility index (Phi) is 5.36. The van der Waals surface area contributed by atoms with E-state index in [-0.39, 0.29) is 41.8 Å². The van der Waals surface area contributed by atoms with Crippen LogP contribution in [0.25, 0.3) is 0 Å². The van der Waals surface area contributed by atoms with Crippen molar-refractivity contribution in [3.63, 3.8) is 0 Å². The number of nitrogens with one attached hydrogen (secondary N) is 2. The fourth-order valence-electron chi connectivity index (χ4n) is 3.21. The van der Waals surface area contributed by atoms with Crippen molar-refractivity contribution >= 4 is 39.9 Å². The lowest BCUT2D eigenvalue weighted by Crippen LogP contribution is -2.41. The summed E-state index contributed by atoms with van der Waals surface area (Å²) in [5.41, 5.74) is 1.64. The first-order chi connectivity index (χ1) is 12.4. The number of anilines is 1. The first-order valence-corrected chi connectivity index (χ1v) is 9.86. The number of carbonyl (C=O) groups is 1. The van der Waals surface area contributed by atoms with E-state index < -0.39 is 21.7 Å². The maximum absolute atomic E-state index is 14.7. The highest BCUT2D eigenvalue weighted by molar-refractivity contribution is 7.90. The van der Waals surface area contributed by atoms with Gasteiger partial charge in [0.1, 0.15) is 5.82 Å². The molecule has 0 aromatic heterocycles. The van der Waals surface area contributed by atoms with Crippen molar-refractivity contribution < 1.29 is 17.6 Å². The SMILES string of the molecule is Cl.O=C(Nc1ccc2c(c1F)CCNC2)C1=CC=CN2CCS(=O)(=O)N=C12. The molecule has 144 valence electrons. The van der Waals surface area contributed by atoms with Crippen molar-refractivity contribution in [2.45, 2.75) is 13.0 Å². The highest BCUT2D eigenvalue weighted by Gasteiger charge is 2.30. The summed E-state index contributed by atoms with van der Waals surface area (Å²) in [5.74, 6) is -1.08. The maximum atomic E-state index is 14.7. The summed E-state index contributed by atoms with van der Waals surface area (Å²) in [5, 5.41) is 5.72. The van der Waals surface area contributed by atoms with E-state index in [0.29, 0.717) is 25.1 Å². The molecule has 3 heterocycles. The van der Waals surface area contributed by atoms with Gasteiger partial charge in [0, 0.05) is 19.3 Å². The highest BCUT2D eigenvalue weighted by atomic mass is 35.5. The van der Waals surface area contributed by atoms with Crippen molar-refractivity contribution in [3.8, 4) is 0 Å². The molecule has 3 aliphatic rings. The molecule has 10 heteroatoms. The minimum Gasteiger partial charge on any atom is -0.331 e. The number of carbonyl (C=O) groups excluding carboxylic acids is 1. The number of rotatable bonds is 2. The summed E-state index contributed by atoms with van der Waals surface area (Å²) in [6.45, 7) is 1.50. The molecule has 2 N–H and O–H groups in total. The first-order valence-electron chi connectivity index (χ1n) is 8.25. The number of amidine groups is 1. The van der Waals surface area contributed by atoms with E-state index in [9.17, 15) is 17.6 Å². The van der Waals surface area contributed by atoms with Crippen LogP contribution in [-0.4, -0.2) is 43.9 Å². The monoisotopic (exact) mass is 412 g/mol. The lowest BCUT2D eigenvalue weighted by Gasteiger charge is -2.28. The van der Waals surface area contributed by atoms with E-state index in [2.05, 4.69) is 15.0 Å². The van der Waals surface area contributed by atoms with Gasteiger partial charge in [-0.25, -0.2) is 12.8 Å². The van der Waals surface area contributed by atoms with Crippen LogP contribution >= 0.6 is 12.4 Å². The van der Waals surface area contributed by atoms with E-state index in [1.54, 1.807) is 23.2 Å². The fourth-order valence-corrected chi connectivity index (χ4v) is 4.20. The second-order valence-corrected chi connectivity index (χ2v) is 8.02. The van der Waals surface area contributed by atoms with Gasteiger partial charge < -0.3 is 15.5 Å². The largest absolute Gasteiger partial charge is 0.331 e. The molecule has 0 saturated heterocycles. The van der Waals surface area contributed by atoms with Gasteiger partial charge >= 0.3 is 0 Å². The molecule has 0 spiro atoms. The number of fused-ring (bicyclic) bond motifs is 2. The van der Waals surface area contributed by atoms with E-state index in [0.717, 1.165) is 5.56 Å². The Labute approximate surface area is 162 Å². The number of amides is 1. The summed E-state index contributed by atoms with van der Waals surface area (Å²) in [6.07, 6.45) is 5.33. The van der Waals surface area contributed by atoms with Crippen molar-refractivity contribution in [1.29, 1.82) is 0 Å². The Balaban J connectivity index is 0.00000210. The number of sulfonamides is 1. The van der Waals surface area contributed by atoms with Crippen LogP contribution in [0.1, 0.15) is 11.1 Å². The van der Waals surface area contributed by atoms with Gasteiger partial charge in [-0.2, -0.15) is 0 Å². The van der Waals surface area contributed by atoms with Gasteiger partial charge in [-0.1, -0.05) is 6.07 Å². The van der Waals surface area contributed by atoms with E-state index >= 15 is 0 Å². The summed E-state index contributed by atoms with van der Waals surface area (Å²) in [7, 11) is -3.60. The summed E-state index contributed by atoms with van der Waals surface area (Å²) in [4.78, 5) is 14.3. The van der Waals surface area contributed by atoms with Crippen LogP contribution < -0.4 is 10.6 Å². The quantitative estimate of drug-likeness (QED) is 0.764. The van der Waals surface area contributed by atoms with Crippen LogP contribution in [0.4, 0.5) is 10.1 Å². The molecule has 3 aliphatic heterocycles. The van der Waals surface area contributed by atoms with Crippen LogP contribution in [-0.2, 0) is 27.8 Å². The Morgan fingerprint density at radius 1 is 1.33 bits per heavy atom. The van der Waals surface area contributed by atoms with Gasteiger partial charge in [0.15, 0.2) is 5.84 Å². The Morgan fingerprint density at radius 2 is 2.15 bits per heavy atom. The van der Waals surface area contributed by atoms with Gasteiger partial charge in [0.2, 0.25) is 0 Å². The van der Waals surface area contributed by atoms with Crippen molar-refractivity contribution in [2.75, 3.05) is 24.2 Å². The fraction of sp³-hybridized carbons (Fsp3) is 0.294. The van der Waals surface area contributed by atoms with Crippen molar-refractivity contribution in [1.82, 2.24) is 10.2 Å². The average molecular weight is 413 g/mol. The molecular weight excluding hydrogens is 395 g/mol. The van der Waals surface area contributed by atoms with E-state index in [1.165, 1.54) is 12.1 Å². The molecule has 0 fully saturated rings. The van der Waals surface area contributed by atoms with Gasteiger partial charge in [0.25, 0.3) is 15.9 Å². The average Bonchev–Trinajstić information content (AvgIpc) is 2.63. The summed E-state index contributed by atoms with van der Waals surface area (Å²) in [6, 6.07) is 3.31. The number of hydrogen-bond donors (Lipinski definition) is 2. The molecule has 4 rings (SSSR count). The first kappa shape index (κ1) is 19.5. The summed E-state index contributed by atoms with van der Waals surface area (Å²) < 4.78 is 42.0. The number of hydrogen-bond acceptors (Lipinski definition) is 5. The van der Waals surface area contributed by atoms with Crippen LogP contribution in [0.5, 0.6) is 0 Å². The number of nitrogens with zero attached hydrogens (tertiary/aromatic N) is 2. The molecule has 0 bridgehead atoms. The topological polar surface area (TPSA) is 90.9 Å². The predicted octanol–water partition coefficient (Wildman–Crippen LogP) is 1.33. The molecule has 0 atom stereocenters. The molecule has 1 aromatic rings. The lowest BCUT2D eigenvalue weighted by atomic mass is 9.99. The molecule has 0 unspecified atom stereocenters. The number of benzene rings is 1. The number of halogens is 2. The zero-order valence-corrected chi connectivity index (χ0v) is 15.9. The van der Waals surface area contributed by atoms with Gasteiger partial charge in [-0.15, -0.1) is 16.8 Å². The van der Waals surface area contributed by atoms with Gasteiger partial charge in [-0.05, 0) is 42.3 Å². The molecular formula is C17H18ClFN4O3S. The third kappa shape index (κ3) is 3.76. The molecule has 7 nitrogen and oxygen atoms in total. The molecule has 0 aliphatic carbocycles. The van der Waals surface area contributed by atoms with Crippen LogP contribution in [0, 0.1) is 5.82 Å². The number of allylic oxidation sites excluding steroid dienone is 2. The molecule has 0 saturated carbocycles. The third-order valence-electron chi connectivity index (χ3n) is 4.56. The molecule has 27 heavy (non-hydrogen) atoms. The Morgan fingerprint density at radius 3 is 2.96 bits per heavy atom.